The van der Waals surface area contributed by atoms with Gasteiger partial charge in [0.25, 0.3) is 0 Å². The van der Waals surface area contributed by atoms with Gasteiger partial charge in [-0.2, -0.15) is 0 Å². The van der Waals surface area contributed by atoms with Crippen LogP contribution in [0, 0.1) is 10.8 Å². The summed E-state index contributed by atoms with van der Waals surface area (Å²) in [5.41, 5.74) is 1.08. The summed E-state index contributed by atoms with van der Waals surface area (Å²) in [5.74, 6) is 0. The van der Waals surface area contributed by atoms with Crippen molar-refractivity contribution in [3.05, 3.63) is 0 Å². The van der Waals surface area contributed by atoms with Gasteiger partial charge in [-0.25, -0.2) is 0 Å². The first-order chi connectivity index (χ1) is 6.87. The molecule has 0 atom stereocenters. The fourth-order valence-corrected chi connectivity index (χ4v) is 2.12. The Balaban J connectivity index is 2.21. The molecule has 2 nitrogen and oxygen atoms in total. The Labute approximate surface area is 95.4 Å². The van der Waals surface area contributed by atoms with Crippen molar-refractivity contribution in [1.29, 1.82) is 0 Å². The van der Waals surface area contributed by atoms with E-state index >= 15 is 0 Å². The van der Waals surface area contributed by atoms with Gasteiger partial charge in [0.1, 0.15) is 0 Å². The molecule has 0 saturated heterocycles. The molecule has 0 bridgehead atoms. The van der Waals surface area contributed by atoms with Gasteiger partial charge in [0.15, 0.2) is 0 Å². The zero-order chi connectivity index (χ0) is 11.5. The van der Waals surface area contributed by atoms with Crippen LogP contribution in [0.1, 0.15) is 40.0 Å². The van der Waals surface area contributed by atoms with Crippen LogP contribution < -0.4 is 5.32 Å². The van der Waals surface area contributed by atoms with Crippen molar-refractivity contribution < 1.29 is 0 Å². The van der Waals surface area contributed by atoms with Gasteiger partial charge < -0.3 is 10.2 Å². The summed E-state index contributed by atoms with van der Waals surface area (Å²) in [6.07, 6.45) is 4.11. The monoisotopic (exact) mass is 212 g/mol. The predicted octanol–water partition coefficient (Wildman–Crippen LogP) is 2.35. The maximum Gasteiger partial charge on any atom is 0.00471 e. The van der Waals surface area contributed by atoms with Crippen LogP contribution in [0.3, 0.4) is 0 Å². The van der Waals surface area contributed by atoms with Crippen molar-refractivity contribution in [2.24, 2.45) is 10.8 Å². The molecular weight excluding hydrogens is 184 g/mol. The fraction of sp³-hybridized carbons (Fsp3) is 1.00. The standard InChI is InChI=1S/C13H28N2/c1-12(2,3)8-9-15(5)11-13(6-7-13)10-14-4/h14H,6-11H2,1-5H3. The van der Waals surface area contributed by atoms with Crippen molar-refractivity contribution in [1.82, 2.24) is 10.2 Å². The normalized spacial score (nSPS) is 19.6. The van der Waals surface area contributed by atoms with Gasteiger partial charge in [-0.15, -0.1) is 0 Å². The van der Waals surface area contributed by atoms with Crippen LogP contribution in [0.5, 0.6) is 0 Å². The van der Waals surface area contributed by atoms with Crippen LogP contribution in [0.4, 0.5) is 0 Å². The van der Waals surface area contributed by atoms with Crippen LogP contribution >= 0.6 is 0 Å². The minimum Gasteiger partial charge on any atom is -0.319 e. The molecule has 0 unspecified atom stereocenters. The van der Waals surface area contributed by atoms with Gasteiger partial charge >= 0.3 is 0 Å². The van der Waals surface area contributed by atoms with Crippen molar-refractivity contribution in [3.8, 4) is 0 Å². The van der Waals surface area contributed by atoms with Gasteiger partial charge in [-0.05, 0) is 50.7 Å². The summed E-state index contributed by atoms with van der Waals surface area (Å²) in [7, 11) is 4.33. The van der Waals surface area contributed by atoms with Gasteiger partial charge in [-0.1, -0.05) is 20.8 Å². The van der Waals surface area contributed by atoms with E-state index in [1.54, 1.807) is 0 Å². The summed E-state index contributed by atoms with van der Waals surface area (Å²) in [5, 5.41) is 3.32. The average molecular weight is 212 g/mol. The van der Waals surface area contributed by atoms with E-state index in [2.05, 4.69) is 45.1 Å². The highest BCUT2D eigenvalue weighted by Gasteiger charge is 2.42. The maximum atomic E-state index is 3.32. The molecule has 0 aromatic rings. The molecule has 0 heterocycles. The molecule has 2 heteroatoms. The second kappa shape index (κ2) is 4.84. The first kappa shape index (κ1) is 13.0. The van der Waals surface area contributed by atoms with Crippen molar-refractivity contribution in [2.75, 3.05) is 33.7 Å². The van der Waals surface area contributed by atoms with Crippen LogP contribution in [0.2, 0.25) is 0 Å². The summed E-state index contributed by atoms with van der Waals surface area (Å²) in [6.45, 7) is 10.6. The highest BCUT2D eigenvalue weighted by Crippen LogP contribution is 2.45. The molecular formula is C13H28N2. The Morgan fingerprint density at radius 3 is 2.27 bits per heavy atom. The quantitative estimate of drug-likeness (QED) is 0.727. The highest BCUT2D eigenvalue weighted by molar-refractivity contribution is 4.96. The van der Waals surface area contributed by atoms with E-state index < -0.39 is 0 Å². The van der Waals surface area contributed by atoms with E-state index in [1.165, 1.54) is 38.9 Å². The third-order valence-electron chi connectivity index (χ3n) is 3.36. The fourth-order valence-electron chi connectivity index (χ4n) is 2.12. The molecule has 0 aromatic heterocycles. The summed E-state index contributed by atoms with van der Waals surface area (Å²) in [4.78, 5) is 2.51. The van der Waals surface area contributed by atoms with Crippen molar-refractivity contribution in [3.63, 3.8) is 0 Å². The predicted molar refractivity (Wildman–Crippen MR) is 67.2 cm³/mol. The summed E-state index contributed by atoms with van der Waals surface area (Å²) < 4.78 is 0. The number of nitrogens with one attached hydrogen (secondary N) is 1. The Morgan fingerprint density at radius 1 is 1.27 bits per heavy atom. The Bertz CT molecular complexity index is 189. The lowest BCUT2D eigenvalue weighted by Gasteiger charge is -2.27. The topological polar surface area (TPSA) is 15.3 Å². The Hall–Kier alpha value is -0.0800. The number of nitrogens with zero attached hydrogens (tertiary/aromatic N) is 1. The molecule has 0 spiro atoms. The highest BCUT2D eigenvalue weighted by atomic mass is 15.1. The van der Waals surface area contributed by atoms with Crippen LogP contribution in [0.15, 0.2) is 0 Å². The van der Waals surface area contributed by atoms with Crippen LogP contribution in [-0.2, 0) is 0 Å². The van der Waals surface area contributed by atoms with Crippen molar-refractivity contribution in [2.45, 2.75) is 40.0 Å². The number of hydrogen-bond acceptors (Lipinski definition) is 2. The molecule has 15 heavy (non-hydrogen) atoms. The minimum atomic E-state index is 0.466. The van der Waals surface area contributed by atoms with Crippen molar-refractivity contribution >= 4 is 0 Å². The SMILES string of the molecule is CNCC1(CN(C)CCC(C)(C)C)CC1. The molecule has 0 amide bonds. The van der Waals surface area contributed by atoms with E-state index in [4.69, 9.17) is 0 Å². The van der Waals surface area contributed by atoms with E-state index in [0.717, 1.165) is 0 Å². The molecule has 1 aliphatic carbocycles. The molecule has 1 fully saturated rings. The lowest BCUT2D eigenvalue weighted by Crippen LogP contribution is -2.34. The van der Waals surface area contributed by atoms with Gasteiger partial charge in [-0.3, -0.25) is 0 Å². The molecule has 0 aromatic carbocycles. The van der Waals surface area contributed by atoms with Gasteiger partial charge in [0.05, 0.1) is 0 Å². The largest absolute Gasteiger partial charge is 0.319 e. The van der Waals surface area contributed by atoms with Gasteiger partial charge in [0.2, 0.25) is 0 Å². The molecule has 0 radical (unpaired) electrons. The molecule has 90 valence electrons. The average Bonchev–Trinajstić information content (AvgIpc) is 2.81. The zero-order valence-corrected chi connectivity index (χ0v) is 11.2. The minimum absolute atomic E-state index is 0.466. The zero-order valence-electron chi connectivity index (χ0n) is 11.2. The Morgan fingerprint density at radius 2 is 1.87 bits per heavy atom. The van der Waals surface area contributed by atoms with E-state index in [1.807, 2.05) is 0 Å². The number of rotatable bonds is 6. The Kier molecular flexibility index (Phi) is 4.19. The molecule has 1 aliphatic rings. The lowest BCUT2D eigenvalue weighted by molar-refractivity contribution is 0.223. The van der Waals surface area contributed by atoms with E-state index in [0.29, 0.717) is 10.8 Å². The van der Waals surface area contributed by atoms with E-state index in [9.17, 15) is 0 Å². The van der Waals surface area contributed by atoms with Crippen LogP contribution in [-0.4, -0.2) is 38.6 Å². The van der Waals surface area contributed by atoms with Crippen LogP contribution in [0.25, 0.3) is 0 Å². The first-order valence-corrected chi connectivity index (χ1v) is 6.20. The van der Waals surface area contributed by atoms with Gasteiger partial charge in [0, 0.05) is 13.1 Å². The molecule has 1 saturated carbocycles. The molecule has 0 aliphatic heterocycles. The molecule has 1 N–H and O–H groups in total. The first-order valence-electron chi connectivity index (χ1n) is 6.20. The smallest absolute Gasteiger partial charge is 0.00471 e. The number of hydrogen-bond donors (Lipinski definition) is 1. The van der Waals surface area contributed by atoms with E-state index in [-0.39, 0.29) is 0 Å². The second-order valence-electron chi connectivity index (χ2n) is 6.58. The summed E-state index contributed by atoms with van der Waals surface area (Å²) >= 11 is 0. The third kappa shape index (κ3) is 4.98. The third-order valence-corrected chi connectivity index (χ3v) is 3.36. The molecule has 1 rings (SSSR count). The second-order valence-corrected chi connectivity index (χ2v) is 6.58. The summed E-state index contributed by atoms with van der Waals surface area (Å²) in [6, 6.07) is 0. The lowest BCUT2D eigenvalue weighted by atomic mass is 9.92. The maximum absolute atomic E-state index is 3.32.